The van der Waals surface area contributed by atoms with Crippen LogP contribution < -0.4 is 5.32 Å². The molecule has 6 aromatic rings. The van der Waals surface area contributed by atoms with Gasteiger partial charge in [-0.1, -0.05) is 26.5 Å². The van der Waals surface area contributed by atoms with E-state index in [0.29, 0.717) is 23.0 Å². The predicted octanol–water partition coefficient (Wildman–Crippen LogP) is 5.99. The van der Waals surface area contributed by atoms with Crippen LogP contribution in [0, 0.1) is 5.92 Å². The van der Waals surface area contributed by atoms with Crippen molar-refractivity contribution in [1.82, 2.24) is 40.1 Å². The Hall–Kier alpha value is -4.92. The van der Waals surface area contributed by atoms with Crippen molar-refractivity contribution in [2.75, 3.05) is 5.32 Å². The summed E-state index contributed by atoms with van der Waals surface area (Å²) in [5.41, 5.74) is 8.91. The van der Waals surface area contributed by atoms with Crippen molar-refractivity contribution in [2.45, 2.75) is 20.3 Å². The van der Waals surface area contributed by atoms with E-state index in [1.807, 2.05) is 36.4 Å². The molecule has 0 amide bonds. The Kier molecular flexibility index (Phi) is 5.65. The van der Waals surface area contributed by atoms with Crippen LogP contribution in [0.3, 0.4) is 0 Å². The zero-order valence-electron chi connectivity index (χ0n) is 20.5. The summed E-state index contributed by atoms with van der Waals surface area (Å²) in [5, 5.41) is 11.0. The van der Waals surface area contributed by atoms with E-state index in [4.69, 9.17) is 9.97 Å². The van der Waals surface area contributed by atoms with Crippen LogP contribution in [-0.4, -0.2) is 40.1 Å². The van der Waals surface area contributed by atoms with Crippen molar-refractivity contribution in [2.24, 2.45) is 5.92 Å². The summed E-state index contributed by atoms with van der Waals surface area (Å²) >= 11 is 0. The Morgan fingerprint density at radius 1 is 0.946 bits per heavy atom. The highest BCUT2D eigenvalue weighted by atomic mass is 15.2. The van der Waals surface area contributed by atoms with Gasteiger partial charge in [-0.3, -0.25) is 20.1 Å². The number of anilines is 1. The van der Waals surface area contributed by atoms with Gasteiger partial charge in [0.1, 0.15) is 11.0 Å². The Labute approximate surface area is 213 Å². The zero-order valence-corrected chi connectivity index (χ0v) is 20.5. The molecule has 0 aliphatic carbocycles. The van der Waals surface area contributed by atoms with Gasteiger partial charge in [0.15, 0.2) is 11.5 Å². The van der Waals surface area contributed by atoms with Gasteiger partial charge in [0.05, 0.1) is 40.5 Å². The molecule has 0 unspecified atom stereocenters. The van der Waals surface area contributed by atoms with Crippen molar-refractivity contribution < 1.29 is 0 Å². The summed E-state index contributed by atoms with van der Waals surface area (Å²) in [5.74, 6) is 1.13. The largest absolute Gasteiger partial charge is 0.358 e. The van der Waals surface area contributed by atoms with Gasteiger partial charge >= 0.3 is 0 Å². The molecule has 9 heteroatoms. The van der Waals surface area contributed by atoms with E-state index in [9.17, 15) is 0 Å². The molecule has 0 saturated heterocycles. The SMILES string of the molecule is C=C(CC(C)C)Nc1cncc(-c2ccc3[nH]nc(-c4nc5c(-c6ccccn6)cncc5[nH]4)c3n2)c1. The van der Waals surface area contributed by atoms with Crippen LogP contribution in [0.4, 0.5) is 5.69 Å². The number of nitrogens with one attached hydrogen (secondary N) is 3. The van der Waals surface area contributed by atoms with E-state index in [0.717, 1.165) is 56.9 Å². The summed E-state index contributed by atoms with van der Waals surface area (Å²) < 4.78 is 0. The number of nitrogens with zero attached hydrogens (tertiary/aromatic N) is 6. The van der Waals surface area contributed by atoms with Crippen molar-refractivity contribution in [3.8, 4) is 34.0 Å². The summed E-state index contributed by atoms with van der Waals surface area (Å²) in [6.45, 7) is 8.46. The Morgan fingerprint density at radius 2 is 1.84 bits per heavy atom. The number of imidazole rings is 1. The third-order valence-electron chi connectivity index (χ3n) is 5.98. The van der Waals surface area contributed by atoms with E-state index >= 15 is 0 Å². The highest BCUT2D eigenvalue weighted by Gasteiger charge is 2.17. The van der Waals surface area contributed by atoms with Gasteiger partial charge in [0, 0.05) is 35.4 Å². The van der Waals surface area contributed by atoms with Gasteiger partial charge < -0.3 is 10.3 Å². The molecule has 6 rings (SSSR count). The van der Waals surface area contributed by atoms with Crippen LogP contribution in [0.5, 0.6) is 0 Å². The molecule has 0 aliphatic rings. The molecular weight excluding hydrogens is 462 g/mol. The molecule has 182 valence electrons. The number of aromatic amines is 2. The number of allylic oxidation sites excluding steroid dienone is 1. The Bertz CT molecular complexity index is 1730. The second-order valence-electron chi connectivity index (χ2n) is 9.34. The standard InChI is InChI=1S/C28H25N9/c1-16(2)10-17(3)32-19-11-18(12-29-13-19)21-7-8-23-26(33-21)27(37-36-23)28-34-24-15-30-14-20(25(24)35-28)22-6-4-5-9-31-22/h4-9,11-16,32H,3,10H2,1-2H3,(H,34,35)(H,36,37). The molecule has 0 aliphatic heterocycles. The normalized spacial score (nSPS) is 11.4. The number of aromatic nitrogens is 8. The summed E-state index contributed by atoms with van der Waals surface area (Å²) in [6.07, 6.45) is 9.77. The van der Waals surface area contributed by atoms with Crippen molar-refractivity contribution >= 4 is 27.8 Å². The third-order valence-corrected chi connectivity index (χ3v) is 5.98. The quantitative estimate of drug-likeness (QED) is 0.253. The maximum atomic E-state index is 4.93. The van der Waals surface area contributed by atoms with Gasteiger partial charge in [-0.25, -0.2) is 9.97 Å². The molecule has 3 N–H and O–H groups in total. The molecule has 9 nitrogen and oxygen atoms in total. The van der Waals surface area contributed by atoms with Gasteiger partial charge in [0.25, 0.3) is 0 Å². The first-order valence-corrected chi connectivity index (χ1v) is 12.1. The number of pyridine rings is 4. The number of hydrogen-bond donors (Lipinski definition) is 3. The monoisotopic (exact) mass is 487 g/mol. The van der Waals surface area contributed by atoms with Crippen molar-refractivity contribution in [3.05, 3.63) is 79.7 Å². The molecule has 0 bridgehead atoms. The van der Waals surface area contributed by atoms with E-state index in [1.165, 1.54) is 0 Å². The zero-order chi connectivity index (χ0) is 25.4. The van der Waals surface area contributed by atoms with E-state index < -0.39 is 0 Å². The first-order chi connectivity index (χ1) is 18.0. The van der Waals surface area contributed by atoms with Crippen molar-refractivity contribution in [3.63, 3.8) is 0 Å². The molecular formula is C28H25N9. The lowest BCUT2D eigenvalue weighted by molar-refractivity contribution is 0.645. The van der Waals surface area contributed by atoms with E-state index in [-0.39, 0.29) is 0 Å². The third kappa shape index (κ3) is 4.42. The smallest absolute Gasteiger partial charge is 0.161 e. The molecule has 0 fully saturated rings. The molecule has 6 heterocycles. The molecule has 0 atom stereocenters. The first-order valence-electron chi connectivity index (χ1n) is 12.1. The molecule has 0 aromatic carbocycles. The maximum absolute atomic E-state index is 4.93. The highest BCUT2D eigenvalue weighted by molar-refractivity contribution is 5.95. The van der Waals surface area contributed by atoms with E-state index in [2.05, 4.69) is 55.9 Å². The second-order valence-corrected chi connectivity index (χ2v) is 9.34. The van der Waals surface area contributed by atoms with Crippen LogP contribution in [-0.2, 0) is 0 Å². The molecule has 0 spiro atoms. The molecule has 37 heavy (non-hydrogen) atoms. The van der Waals surface area contributed by atoms with Gasteiger partial charge in [0.2, 0.25) is 0 Å². The fourth-order valence-corrected chi connectivity index (χ4v) is 4.38. The lowest BCUT2D eigenvalue weighted by Crippen LogP contribution is -2.02. The van der Waals surface area contributed by atoms with Crippen LogP contribution in [0.2, 0.25) is 0 Å². The van der Waals surface area contributed by atoms with Gasteiger partial charge in [-0.15, -0.1) is 0 Å². The summed E-state index contributed by atoms with van der Waals surface area (Å²) in [4.78, 5) is 26.4. The average molecular weight is 488 g/mol. The summed E-state index contributed by atoms with van der Waals surface area (Å²) in [7, 11) is 0. The Balaban J connectivity index is 1.38. The van der Waals surface area contributed by atoms with Gasteiger partial charge in [-0.2, -0.15) is 5.10 Å². The van der Waals surface area contributed by atoms with Gasteiger partial charge in [-0.05, 0) is 42.7 Å². The summed E-state index contributed by atoms with van der Waals surface area (Å²) in [6, 6.07) is 11.7. The van der Waals surface area contributed by atoms with Crippen LogP contribution in [0.15, 0.2) is 79.7 Å². The minimum Gasteiger partial charge on any atom is -0.358 e. The van der Waals surface area contributed by atoms with Crippen LogP contribution in [0.1, 0.15) is 20.3 Å². The van der Waals surface area contributed by atoms with Crippen LogP contribution >= 0.6 is 0 Å². The lowest BCUT2D eigenvalue weighted by Gasteiger charge is -2.12. The first kappa shape index (κ1) is 22.5. The number of fused-ring (bicyclic) bond motifs is 2. The molecule has 0 radical (unpaired) electrons. The fourth-order valence-electron chi connectivity index (χ4n) is 4.38. The van der Waals surface area contributed by atoms with Crippen LogP contribution in [0.25, 0.3) is 56.1 Å². The van der Waals surface area contributed by atoms with Crippen molar-refractivity contribution in [1.29, 1.82) is 0 Å². The molecule has 6 aromatic heterocycles. The second kappa shape index (κ2) is 9.27. The lowest BCUT2D eigenvalue weighted by atomic mass is 10.1. The minimum atomic E-state index is 0.522. The predicted molar refractivity (Wildman–Crippen MR) is 145 cm³/mol. The topological polar surface area (TPSA) is 121 Å². The Morgan fingerprint density at radius 3 is 2.68 bits per heavy atom. The fraction of sp³-hybridized carbons (Fsp3) is 0.143. The number of hydrogen-bond acceptors (Lipinski definition) is 7. The average Bonchev–Trinajstić information content (AvgIpc) is 3.52. The van der Waals surface area contributed by atoms with E-state index in [1.54, 1.807) is 31.0 Å². The number of H-pyrrole nitrogens is 2. The highest BCUT2D eigenvalue weighted by Crippen LogP contribution is 2.31. The number of rotatable bonds is 7. The minimum absolute atomic E-state index is 0.522. The molecule has 0 saturated carbocycles. The maximum Gasteiger partial charge on any atom is 0.161 e.